The Morgan fingerprint density at radius 3 is 1.63 bits per heavy atom. The molecule has 0 aliphatic rings. The lowest BCUT2D eigenvalue weighted by Crippen LogP contribution is -2.11. The van der Waals surface area contributed by atoms with Crippen molar-refractivity contribution in [3.63, 3.8) is 0 Å². The van der Waals surface area contributed by atoms with E-state index in [0.29, 0.717) is 0 Å². The van der Waals surface area contributed by atoms with E-state index in [0.717, 1.165) is 11.4 Å². The fourth-order valence-corrected chi connectivity index (χ4v) is 11.2. The number of nitrogens with zero attached hydrogens (tertiary/aromatic N) is 1. The maximum Gasteiger partial charge on any atom is 0.0555 e. The van der Waals surface area contributed by atoms with E-state index in [2.05, 4.69) is 229 Å². The minimum Gasteiger partial charge on any atom is -0.309 e. The Hall–Kier alpha value is -7.78. The van der Waals surface area contributed by atoms with Crippen molar-refractivity contribution in [3.05, 3.63) is 224 Å². The molecule has 12 aromatic carbocycles. The zero-order valence-electron chi connectivity index (χ0n) is 33.7. The normalized spacial score (nSPS) is 11.9. The zero-order valence-corrected chi connectivity index (χ0v) is 34.5. The molecule has 0 saturated heterocycles. The Labute approximate surface area is 363 Å². The molecule has 0 unspecified atom stereocenters. The highest BCUT2D eigenvalue weighted by atomic mass is 32.1. The van der Waals surface area contributed by atoms with Gasteiger partial charge in [0.25, 0.3) is 0 Å². The first-order valence-corrected chi connectivity index (χ1v) is 22.1. The smallest absolute Gasteiger partial charge is 0.0555 e. The van der Waals surface area contributed by atoms with Gasteiger partial charge in [0.2, 0.25) is 0 Å². The number of rotatable bonds is 5. The van der Waals surface area contributed by atoms with Gasteiger partial charge in [-0.25, -0.2) is 0 Å². The van der Waals surface area contributed by atoms with E-state index in [1.54, 1.807) is 0 Å². The topological polar surface area (TPSA) is 3.24 Å². The molecule has 0 aliphatic carbocycles. The molecule has 0 amide bonds. The van der Waals surface area contributed by atoms with Crippen LogP contribution in [0.5, 0.6) is 0 Å². The lowest BCUT2D eigenvalue weighted by atomic mass is 9.92. The molecule has 0 aliphatic heterocycles. The van der Waals surface area contributed by atoms with Gasteiger partial charge in [-0.1, -0.05) is 164 Å². The van der Waals surface area contributed by atoms with E-state index in [1.807, 2.05) is 11.3 Å². The summed E-state index contributed by atoms with van der Waals surface area (Å²) in [5, 5.41) is 17.5. The van der Waals surface area contributed by atoms with Crippen LogP contribution in [0, 0.1) is 0 Å². The van der Waals surface area contributed by atoms with Crippen LogP contribution in [-0.2, 0) is 0 Å². The van der Waals surface area contributed by atoms with Gasteiger partial charge in [-0.3, -0.25) is 0 Å². The Morgan fingerprint density at radius 1 is 0.274 bits per heavy atom. The molecular formula is C60H37NS. The minimum atomic E-state index is 1.12. The zero-order chi connectivity index (χ0) is 40.7. The van der Waals surface area contributed by atoms with E-state index >= 15 is 0 Å². The van der Waals surface area contributed by atoms with Crippen molar-refractivity contribution in [2.45, 2.75) is 0 Å². The number of thiophene rings is 1. The van der Waals surface area contributed by atoms with Crippen LogP contribution < -0.4 is 4.90 Å². The van der Waals surface area contributed by atoms with Crippen molar-refractivity contribution < 1.29 is 0 Å². The summed E-state index contributed by atoms with van der Waals surface area (Å²) in [6, 6.07) is 83.3. The highest BCUT2D eigenvalue weighted by molar-refractivity contribution is 7.26. The van der Waals surface area contributed by atoms with Gasteiger partial charge in [-0.2, -0.15) is 0 Å². The second-order valence-corrected chi connectivity index (χ2v) is 17.5. The molecule has 1 aromatic heterocycles. The number of hydrogen-bond acceptors (Lipinski definition) is 2. The SMILES string of the molecule is c1ccc2cc(-c3ccc(N(c4ccc5cc(-c6cc7ccccc7c7ccccc67)ccc5c4)c4cccc5sc6cc7ccccc7cc6c45)c4ccccc34)ccc2c1. The van der Waals surface area contributed by atoms with Crippen molar-refractivity contribution in [1.29, 1.82) is 0 Å². The third kappa shape index (κ3) is 5.54. The van der Waals surface area contributed by atoms with Crippen LogP contribution in [0.25, 0.3) is 107 Å². The molecule has 0 saturated carbocycles. The Morgan fingerprint density at radius 2 is 0.839 bits per heavy atom. The summed E-state index contributed by atoms with van der Waals surface area (Å²) in [6.07, 6.45) is 0. The van der Waals surface area contributed by atoms with E-state index in [9.17, 15) is 0 Å². The van der Waals surface area contributed by atoms with Crippen molar-refractivity contribution in [2.75, 3.05) is 4.90 Å². The van der Waals surface area contributed by atoms with Gasteiger partial charge >= 0.3 is 0 Å². The molecule has 288 valence electrons. The molecule has 0 fully saturated rings. The van der Waals surface area contributed by atoms with Crippen LogP contribution in [0.1, 0.15) is 0 Å². The van der Waals surface area contributed by atoms with Crippen molar-refractivity contribution in [2.24, 2.45) is 0 Å². The van der Waals surface area contributed by atoms with Crippen molar-refractivity contribution >= 4 is 113 Å². The number of anilines is 3. The van der Waals surface area contributed by atoms with Crippen molar-refractivity contribution in [3.8, 4) is 22.3 Å². The standard InChI is InChI=1S/C60H37NS/c1-2-13-39-32-45(26-24-38(39)12-1)49-30-31-56(53-21-10-9-19-51(49)53)61(57-22-11-23-58-60(57)55-35-40-14-3-4-15-41(40)37-59(55)62-58)47-29-28-42-33-46(27-25-43(42)34-47)54-36-44-16-5-6-17-48(44)50-18-7-8-20-52(50)54/h1-37H. The molecule has 13 rings (SSSR count). The van der Waals surface area contributed by atoms with Gasteiger partial charge in [0.05, 0.1) is 11.4 Å². The first-order chi connectivity index (χ1) is 30.7. The van der Waals surface area contributed by atoms with Crippen LogP contribution in [0.2, 0.25) is 0 Å². The van der Waals surface area contributed by atoms with Gasteiger partial charge in [0.15, 0.2) is 0 Å². The Balaban J connectivity index is 1.03. The molecule has 0 spiro atoms. The second-order valence-electron chi connectivity index (χ2n) is 16.5. The molecule has 62 heavy (non-hydrogen) atoms. The lowest BCUT2D eigenvalue weighted by Gasteiger charge is -2.29. The maximum absolute atomic E-state index is 2.51. The van der Waals surface area contributed by atoms with E-state index in [4.69, 9.17) is 0 Å². The third-order valence-electron chi connectivity index (χ3n) is 12.9. The molecule has 1 heterocycles. The summed E-state index contributed by atoms with van der Waals surface area (Å²) in [5.41, 5.74) is 8.37. The predicted molar refractivity (Wildman–Crippen MR) is 270 cm³/mol. The number of fused-ring (bicyclic) bond motifs is 10. The van der Waals surface area contributed by atoms with Gasteiger partial charge in [-0.15, -0.1) is 11.3 Å². The maximum atomic E-state index is 2.51. The summed E-state index contributed by atoms with van der Waals surface area (Å²) in [6.45, 7) is 0. The quantitative estimate of drug-likeness (QED) is 0.157. The minimum absolute atomic E-state index is 1.12. The summed E-state index contributed by atoms with van der Waals surface area (Å²) in [4.78, 5) is 2.51. The van der Waals surface area contributed by atoms with Crippen LogP contribution in [0.3, 0.4) is 0 Å². The molecular weight excluding hydrogens is 767 g/mol. The summed E-state index contributed by atoms with van der Waals surface area (Å²) < 4.78 is 2.58. The van der Waals surface area contributed by atoms with Crippen molar-refractivity contribution in [1.82, 2.24) is 0 Å². The van der Waals surface area contributed by atoms with Gasteiger partial charge in [-0.05, 0) is 142 Å². The summed E-state index contributed by atoms with van der Waals surface area (Å²) in [5.74, 6) is 0. The van der Waals surface area contributed by atoms with Crippen LogP contribution >= 0.6 is 11.3 Å². The number of hydrogen-bond donors (Lipinski definition) is 0. The van der Waals surface area contributed by atoms with E-state index in [1.165, 1.54) is 113 Å². The van der Waals surface area contributed by atoms with Crippen LogP contribution in [0.15, 0.2) is 224 Å². The van der Waals surface area contributed by atoms with E-state index < -0.39 is 0 Å². The lowest BCUT2D eigenvalue weighted by molar-refractivity contribution is 1.32. The predicted octanol–water partition coefficient (Wildman–Crippen LogP) is 17.8. The average molecular weight is 804 g/mol. The highest BCUT2D eigenvalue weighted by Crippen LogP contribution is 2.49. The van der Waals surface area contributed by atoms with Gasteiger partial charge in [0, 0.05) is 31.2 Å². The molecule has 0 radical (unpaired) electrons. The molecule has 0 N–H and O–H groups in total. The number of benzene rings is 12. The molecule has 13 aromatic rings. The third-order valence-corrected chi connectivity index (χ3v) is 14.1. The Bertz CT molecular complexity index is 3950. The monoisotopic (exact) mass is 803 g/mol. The first-order valence-electron chi connectivity index (χ1n) is 21.3. The fourth-order valence-electron chi connectivity index (χ4n) is 10.0. The van der Waals surface area contributed by atoms with Gasteiger partial charge < -0.3 is 4.90 Å². The van der Waals surface area contributed by atoms with Crippen LogP contribution in [0.4, 0.5) is 17.1 Å². The second kappa shape index (κ2) is 13.9. The van der Waals surface area contributed by atoms with E-state index in [-0.39, 0.29) is 0 Å². The molecule has 0 atom stereocenters. The first kappa shape index (κ1) is 35.0. The summed E-state index contributed by atoms with van der Waals surface area (Å²) >= 11 is 1.88. The molecule has 0 bridgehead atoms. The molecule has 2 heteroatoms. The summed E-state index contributed by atoms with van der Waals surface area (Å²) in [7, 11) is 0. The highest BCUT2D eigenvalue weighted by Gasteiger charge is 2.22. The largest absolute Gasteiger partial charge is 0.309 e. The van der Waals surface area contributed by atoms with Gasteiger partial charge in [0.1, 0.15) is 0 Å². The molecule has 1 nitrogen and oxygen atoms in total. The average Bonchev–Trinajstić information content (AvgIpc) is 3.70. The Kier molecular flexibility index (Phi) is 7.85. The fraction of sp³-hybridized carbons (Fsp3) is 0. The van der Waals surface area contributed by atoms with Crippen LogP contribution in [-0.4, -0.2) is 0 Å².